The Balaban J connectivity index is 1.74. The van der Waals surface area contributed by atoms with Crippen LogP contribution >= 0.6 is 0 Å². The number of aliphatic hydroxyl groups excluding tert-OH is 4. The molecule has 1 aliphatic rings. The van der Waals surface area contributed by atoms with Crippen molar-refractivity contribution in [3.63, 3.8) is 0 Å². The molecule has 2 aromatic heterocycles. The lowest BCUT2D eigenvalue weighted by Gasteiger charge is -2.39. The van der Waals surface area contributed by atoms with Crippen LogP contribution < -0.4 is 10.3 Å². The largest absolute Gasteiger partial charge is 0.394 e. The van der Waals surface area contributed by atoms with Gasteiger partial charge in [-0.1, -0.05) is 30.3 Å². The van der Waals surface area contributed by atoms with Crippen LogP contribution in [0.3, 0.4) is 0 Å². The number of hydrogen-bond acceptors (Lipinski definition) is 9. The molecule has 1 aliphatic heterocycles. The number of imidazole rings is 1. The zero-order chi connectivity index (χ0) is 20.5. The first kappa shape index (κ1) is 19.5. The van der Waals surface area contributed by atoms with Gasteiger partial charge >= 0.3 is 0 Å². The van der Waals surface area contributed by atoms with Gasteiger partial charge in [-0.15, -0.1) is 4.73 Å². The van der Waals surface area contributed by atoms with Gasteiger partial charge in [-0.05, 0) is 5.56 Å². The SMILES string of the molecule is N=c1nc(Cc2ccccc2)n(OC2O[C@H](CO)[C@@H](O)[C@H](O)[C@H]2O)c2nc[nH]c12. The van der Waals surface area contributed by atoms with Crippen molar-refractivity contribution >= 4 is 11.2 Å². The third-order valence-electron chi connectivity index (χ3n) is 4.79. The molecule has 3 heterocycles. The average Bonchev–Trinajstić information content (AvgIpc) is 3.22. The van der Waals surface area contributed by atoms with E-state index in [1.807, 2.05) is 30.3 Å². The molecule has 4 rings (SSSR count). The second-order valence-corrected chi connectivity index (χ2v) is 6.74. The lowest BCUT2D eigenvalue weighted by Crippen LogP contribution is -2.61. The number of H-pyrrole nitrogens is 1. The number of ether oxygens (including phenoxy) is 1. The summed E-state index contributed by atoms with van der Waals surface area (Å²) in [5, 5.41) is 47.8. The third kappa shape index (κ3) is 3.61. The first-order valence-corrected chi connectivity index (χ1v) is 9.00. The van der Waals surface area contributed by atoms with Crippen LogP contribution in [-0.4, -0.2) is 77.4 Å². The minimum Gasteiger partial charge on any atom is -0.394 e. The molecule has 5 atom stereocenters. The number of fused-ring (bicyclic) bond motifs is 1. The van der Waals surface area contributed by atoms with Crippen LogP contribution in [0.5, 0.6) is 0 Å². The van der Waals surface area contributed by atoms with E-state index in [1.165, 1.54) is 11.1 Å². The predicted molar refractivity (Wildman–Crippen MR) is 97.3 cm³/mol. The first-order chi connectivity index (χ1) is 14.0. The van der Waals surface area contributed by atoms with Gasteiger partial charge in [0, 0.05) is 6.42 Å². The predicted octanol–water partition coefficient (Wildman–Crippen LogP) is -1.94. The van der Waals surface area contributed by atoms with Crippen molar-refractivity contribution in [1.29, 1.82) is 5.41 Å². The molecular weight excluding hydrogens is 382 g/mol. The lowest BCUT2D eigenvalue weighted by molar-refractivity contribution is -0.300. The van der Waals surface area contributed by atoms with Gasteiger partial charge in [0.15, 0.2) is 17.0 Å². The molecule has 29 heavy (non-hydrogen) atoms. The molecule has 11 heteroatoms. The molecule has 3 aromatic rings. The summed E-state index contributed by atoms with van der Waals surface area (Å²) >= 11 is 0. The van der Waals surface area contributed by atoms with Gasteiger partial charge in [0.05, 0.1) is 12.9 Å². The summed E-state index contributed by atoms with van der Waals surface area (Å²) in [5.74, 6) is 0.317. The highest BCUT2D eigenvalue weighted by Crippen LogP contribution is 2.22. The van der Waals surface area contributed by atoms with E-state index >= 15 is 0 Å². The number of aliphatic hydroxyl groups is 4. The Hall–Kier alpha value is -2.83. The second-order valence-electron chi connectivity index (χ2n) is 6.74. The van der Waals surface area contributed by atoms with E-state index < -0.39 is 37.3 Å². The zero-order valence-corrected chi connectivity index (χ0v) is 15.2. The Morgan fingerprint density at radius 1 is 1.14 bits per heavy atom. The van der Waals surface area contributed by atoms with Crippen LogP contribution in [-0.2, 0) is 11.2 Å². The summed E-state index contributed by atoms with van der Waals surface area (Å²) in [7, 11) is 0. The molecule has 1 saturated heterocycles. The molecule has 1 fully saturated rings. The second kappa shape index (κ2) is 7.89. The minimum absolute atomic E-state index is 0.0305. The van der Waals surface area contributed by atoms with Crippen molar-refractivity contribution in [2.24, 2.45) is 0 Å². The van der Waals surface area contributed by atoms with Gasteiger partial charge < -0.3 is 35.0 Å². The third-order valence-corrected chi connectivity index (χ3v) is 4.79. The average molecular weight is 403 g/mol. The molecule has 1 unspecified atom stereocenters. The molecule has 0 saturated carbocycles. The summed E-state index contributed by atoms with van der Waals surface area (Å²) in [5.41, 5.74) is 1.43. The molecule has 6 N–H and O–H groups in total. The molecule has 1 aromatic carbocycles. The summed E-state index contributed by atoms with van der Waals surface area (Å²) < 4.78 is 6.66. The Kier molecular flexibility index (Phi) is 5.30. The maximum atomic E-state index is 10.3. The topological polar surface area (TPSA) is 170 Å². The Labute approximate surface area is 164 Å². The number of benzene rings is 1. The first-order valence-electron chi connectivity index (χ1n) is 9.00. The number of nitrogens with zero attached hydrogens (tertiary/aromatic N) is 3. The Morgan fingerprint density at radius 3 is 2.62 bits per heavy atom. The van der Waals surface area contributed by atoms with Crippen molar-refractivity contribution < 1.29 is 30.0 Å². The summed E-state index contributed by atoms with van der Waals surface area (Å²) in [4.78, 5) is 17.0. The number of aromatic amines is 1. The van der Waals surface area contributed by atoms with Crippen LogP contribution in [0.2, 0.25) is 0 Å². The van der Waals surface area contributed by atoms with E-state index in [0.717, 1.165) is 5.56 Å². The molecule has 154 valence electrons. The zero-order valence-electron chi connectivity index (χ0n) is 15.2. The van der Waals surface area contributed by atoms with Gasteiger partial charge in [0.1, 0.15) is 29.9 Å². The van der Waals surface area contributed by atoms with Crippen molar-refractivity contribution in [3.05, 3.63) is 53.5 Å². The molecule has 0 amide bonds. The fourth-order valence-corrected chi connectivity index (χ4v) is 3.23. The van der Waals surface area contributed by atoms with Gasteiger partial charge in [0.2, 0.25) is 0 Å². The van der Waals surface area contributed by atoms with Gasteiger partial charge in [0.25, 0.3) is 6.29 Å². The number of hydrogen-bond donors (Lipinski definition) is 6. The highest BCUT2D eigenvalue weighted by molar-refractivity contribution is 5.68. The van der Waals surface area contributed by atoms with Crippen molar-refractivity contribution in [1.82, 2.24) is 19.7 Å². The van der Waals surface area contributed by atoms with Crippen LogP contribution in [0.15, 0.2) is 36.7 Å². The summed E-state index contributed by atoms with van der Waals surface area (Å²) in [6.07, 6.45) is -5.52. The molecular formula is C18H21N5O6. The van der Waals surface area contributed by atoms with Crippen LogP contribution in [0.1, 0.15) is 11.4 Å². The van der Waals surface area contributed by atoms with E-state index in [1.54, 1.807) is 0 Å². The highest BCUT2D eigenvalue weighted by Gasteiger charge is 2.45. The van der Waals surface area contributed by atoms with Gasteiger partial charge in [-0.3, -0.25) is 5.41 Å². The fourth-order valence-electron chi connectivity index (χ4n) is 3.23. The lowest BCUT2D eigenvalue weighted by atomic mass is 9.99. The fraction of sp³-hybridized carbons (Fsp3) is 0.389. The standard InChI is InChI=1S/C18H21N5O6/c19-16-12-17(21-8-20-12)23(11(22-16)6-9-4-2-1-3-5-9)29-18-15(27)14(26)13(25)10(7-24)28-18/h1-5,8,10,13-15,18-19,24-27H,6-7H2,(H,20,21)/t10-,13-,14+,15-,18?/m1/s1. The highest BCUT2D eigenvalue weighted by atomic mass is 16.8. The van der Waals surface area contributed by atoms with E-state index in [2.05, 4.69) is 15.0 Å². The summed E-state index contributed by atoms with van der Waals surface area (Å²) in [6.45, 7) is -0.575. The molecule has 0 aliphatic carbocycles. The Bertz CT molecular complexity index is 1040. The van der Waals surface area contributed by atoms with Crippen molar-refractivity contribution in [2.75, 3.05) is 6.61 Å². The van der Waals surface area contributed by atoms with E-state index in [-0.39, 0.29) is 11.1 Å². The quantitative estimate of drug-likeness (QED) is 0.286. The van der Waals surface area contributed by atoms with E-state index in [4.69, 9.17) is 15.0 Å². The molecule has 0 bridgehead atoms. The Morgan fingerprint density at radius 2 is 1.90 bits per heavy atom. The molecule has 0 radical (unpaired) electrons. The van der Waals surface area contributed by atoms with Gasteiger partial charge in [-0.25, -0.2) is 9.97 Å². The van der Waals surface area contributed by atoms with Crippen LogP contribution in [0.4, 0.5) is 0 Å². The van der Waals surface area contributed by atoms with Crippen molar-refractivity contribution in [2.45, 2.75) is 37.1 Å². The van der Waals surface area contributed by atoms with E-state index in [9.17, 15) is 20.4 Å². The monoisotopic (exact) mass is 403 g/mol. The molecule has 11 nitrogen and oxygen atoms in total. The normalized spacial score (nSPS) is 27.2. The smallest absolute Gasteiger partial charge is 0.254 e. The minimum atomic E-state index is -1.59. The number of aromatic nitrogens is 4. The van der Waals surface area contributed by atoms with Gasteiger partial charge in [-0.2, -0.15) is 0 Å². The maximum Gasteiger partial charge on any atom is 0.254 e. The number of nitrogens with one attached hydrogen (secondary N) is 2. The summed E-state index contributed by atoms with van der Waals surface area (Å²) in [6, 6.07) is 9.39. The van der Waals surface area contributed by atoms with E-state index in [0.29, 0.717) is 17.8 Å². The van der Waals surface area contributed by atoms with Crippen LogP contribution in [0, 0.1) is 5.41 Å². The van der Waals surface area contributed by atoms with Crippen LogP contribution in [0.25, 0.3) is 11.2 Å². The number of rotatable bonds is 5. The maximum absolute atomic E-state index is 10.3. The van der Waals surface area contributed by atoms with Crippen molar-refractivity contribution in [3.8, 4) is 0 Å². The molecule has 0 spiro atoms.